The third kappa shape index (κ3) is 3.03. The van der Waals surface area contributed by atoms with Crippen molar-refractivity contribution >= 4 is 15.7 Å². The Kier molecular flexibility index (Phi) is 4.36. The van der Waals surface area contributed by atoms with Gasteiger partial charge in [-0.1, -0.05) is 24.3 Å². The van der Waals surface area contributed by atoms with Crippen LogP contribution in [-0.2, 0) is 22.8 Å². The zero-order valence-corrected chi connectivity index (χ0v) is 13.5. The van der Waals surface area contributed by atoms with Crippen molar-refractivity contribution in [1.29, 1.82) is 0 Å². The molecular formula is C17H15F2NO3S. The minimum absolute atomic E-state index is 0.245. The summed E-state index contributed by atoms with van der Waals surface area (Å²) in [5, 5.41) is 0. The Morgan fingerprint density at radius 1 is 1.00 bits per heavy atom. The number of alkyl halides is 2. The van der Waals surface area contributed by atoms with Crippen LogP contribution in [0.4, 0.5) is 8.78 Å². The highest BCUT2D eigenvalue weighted by molar-refractivity contribution is 7.91. The molecule has 24 heavy (non-hydrogen) atoms. The zero-order valence-electron chi connectivity index (χ0n) is 12.7. The van der Waals surface area contributed by atoms with Crippen molar-refractivity contribution in [3.05, 3.63) is 65.2 Å². The summed E-state index contributed by atoms with van der Waals surface area (Å²) >= 11 is 0. The molecule has 0 bridgehead atoms. The first-order valence-corrected chi connectivity index (χ1v) is 8.92. The predicted octanol–water partition coefficient (Wildman–Crippen LogP) is 2.88. The molecule has 0 fully saturated rings. The highest BCUT2D eigenvalue weighted by atomic mass is 32.2. The number of hydrogen-bond acceptors (Lipinski definition) is 3. The second-order valence-electron chi connectivity index (χ2n) is 5.58. The Labute approximate surface area is 138 Å². The lowest BCUT2D eigenvalue weighted by molar-refractivity contribution is 0.0734. The largest absolute Gasteiger partial charge is 0.341 e. The molecular weight excluding hydrogens is 336 g/mol. The van der Waals surface area contributed by atoms with E-state index in [9.17, 15) is 22.0 Å². The van der Waals surface area contributed by atoms with Crippen molar-refractivity contribution in [1.82, 2.24) is 4.90 Å². The Morgan fingerprint density at radius 3 is 2.25 bits per heavy atom. The molecule has 1 aliphatic heterocycles. The predicted molar refractivity (Wildman–Crippen MR) is 84.5 cm³/mol. The highest BCUT2D eigenvalue weighted by Gasteiger charge is 2.27. The monoisotopic (exact) mass is 351 g/mol. The van der Waals surface area contributed by atoms with Crippen LogP contribution in [0.3, 0.4) is 0 Å². The Hall–Kier alpha value is -2.28. The standard InChI is InChI=1S/C17H15F2NO3S/c18-17(19)24(22,23)15-7-5-13(6-8-15)16(21)20-10-9-12-3-1-2-4-14(12)11-20/h1-8,17H,9-11H2. The summed E-state index contributed by atoms with van der Waals surface area (Å²) in [7, 11) is -4.64. The van der Waals surface area contributed by atoms with Crippen molar-refractivity contribution in [3.63, 3.8) is 0 Å². The average Bonchev–Trinajstić information content (AvgIpc) is 2.60. The fourth-order valence-electron chi connectivity index (χ4n) is 2.74. The molecule has 1 heterocycles. The molecule has 0 saturated heterocycles. The van der Waals surface area contributed by atoms with E-state index >= 15 is 0 Å². The lowest BCUT2D eigenvalue weighted by Crippen LogP contribution is -2.35. The van der Waals surface area contributed by atoms with Gasteiger partial charge in [0.05, 0.1) is 4.90 Å². The van der Waals surface area contributed by atoms with Gasteiger partial charge in [0.15, 0.2) is 0 Å². The summed E-state index contributed by atoms with van der Waals surface area (Å²) in [4.78, 5) is 13.7. The van der Waals surface area contributed by atoms with E-state index < -0.39 is 20.5 Å². The van der Waals surface area contributed by atoms with Gasteiger partial charge in [0.1, 0.15) is 0 Å². The molecule has 0 unspecified atom stereocenters. The Balaban J connectivity index is 1.79. The van der Waals surface area contributed by atoms with Gasteiger partial charge in [0, 0.05) is 18.7 Å². The maximum Gasteiger partial charge on any atom is 0.341 e. The first-order chi connectivity index (χ1) is 11.4. The van der Waals surface area contributed by atoms with Gasteiger partial charge >= 0.3 is 5.76 Å². The number of sulfone groups is 1. The number of nitrogens with zero attached hydrogens (tertiary/aromatic N) is 1. The van der Waals surface area contributed by atoms with Crippen LogP contribution < -0.4 is 0 Å². The molecule has 2 aromatic carbocycles. The van der Waals surface area contributed by atoms with Gasteiger partial charge in [0.2, 0.25) is 9.84 Å². The molecule has 0 spiro atoms. The first-order valence-electron chi connectivity index (χ1n) is 7.38. The minimum Gasteiger partial charge on any atom is -0.334 e. The molecule has 1 aliphatic rings. The maximum atomic E-state index is 12.5. The van der Waals surface area contributed by atoms with E-state index in [1.54, 1.807) is 4.90 Å². The number of halogens is 2. The second kappa shape index (κ2) is 6.32. The van der Waals surface area contributed by atoms with Crippen LogP contribution in [0.1, 0.15) is 21.5 Å². The average molecular weight is 351 g/mol. The van der Waals surface area contributed by atoms with Gasteiger partial charge in [-0.05, 0) is 41.8 Å². The number of carbonyl (C=O) groups excluding carboxylic acids is 1. The van der Waals surface area contributed by atoms with E-state index in [-0.39, 0.29) is 11.5 Å². The third-order valence-corrected chi connectivity index (χ3v) is 5.48. The smallest absolute Gasteiger partial charge is 0.334 e. The lowest BCUT2D eigenvalue weighted by Gasteiger charge is -2.29. The lowest BCUT2D eigenvalue weighted by atomic mass is 9.99. The number of carbonyl (C=O) groups is 1. The van der Waals surface area contributed by atoms with Crippen LogP contribution >= 0.6 is 0 Å². The van der Waals surface area contributed by atoms with Crippen LogP contribution in [0, 0.1) is 0 Å². The summed E-state index contributed by atoms with van der Waals surface area (Å²) in [6, 6.07) is 12.5. The summed E-state index contributed by atoms with van der Waals surface area (Å²) in [6.07, 6.45) is 0.750. The minimum atomic E-state index is -4.64. The van der Waals surface area contributed by atoms with E-state index in [0.717, 1.165) is 24.1 Å². The number of benzene rings is 2. The van der Waals surface area contributed by atoms with Gasteiger partial charge in [-0.2, -0.15) is 8.78 Å². The third-order valence-electron chi connectivity index (χ3n) is 4.08. The molecule has 4 nitrogen and oxygen atoms in total. The highest BCUT2D eigenvalue weighted by Crippen LogP contribution is 2.22. The Bertz CT molecular complexity index is 864. The van der Waals surface area contributed by atoms with Crippen molar-refractivity contribution in [3.8, 4) is 0 Å². The van der Waals surface area contributed by atoms with E-state index in [2.05, 4.69) is 0 Å². The van der Waals surface area contributed by atoms with Crippen LogP contribution in [0.5, 0.6) is 0 Å². The SMILES string of the molecule is O=C(c1ccc(S(=O)(=O)C(F)F)cc1)N1CCc2ccccc2C1. The van der Waals surface area contributed by atoms with Crippen molar-refractivity contribution in [2.45, 2.75) is 23.6 Å². The summed E-state index contributed by atoms with van der Waals surface area (Å²) in [5.74, 6) is -3.72. The van der Waals surface area contributed by atoms with Gasteiger partial charge in [-0.25, -0.2) is 8.42 Å². The molecule has 1 amide bonds. The van der Waals surface area contributed by atoms with Gasteiger partial charge in [0.25, 0.3) is 5.91 Å². The molecule has 0 atom stereocenters. The van der Waals surface area contributed by atoms with E-state index in [1.165, 1.54) is 17.7 Å². The van der Waals surface area contributed by atoms with E-state index in [4.69, 9.17) is 0 Å². The molecule has 0 aromatic heterocycles. The maximum absolute atomic E-state index is 12.5. The van der Waals surface area contributed by atoms with Gasteiger partial charge < -0.3 is 4.90 Å². The van der Waals surface area contributed by atoms with Crippen molar-refractivity contribution in [2.24, 2.45) is 0 Å². The van der Waals surface area contributed by atoms with Crippen LogP contribution in [-0.4, -0.2) is 31.5 Å². The molecule has 2 aromatic rings. The number of hydrogen-bond donors (Lipinski definition) is 0. The first kappa shape index (κ1) is 16.6. The van der Waals surface area contributed by atoms with Crippen LogP contribution in [0.15, 0.2) is 53.4 Å². The number of fused-ring (bicyclic) bond motifs is 1. The molecule has 0 N–H and O–H groups in total. The zero-order chi connectivity index (χ0) is 17.3. The van der Waals surface area contributed by atoms with Crippen LogP contribution in [0.2, 0.25) is 0 Å². The Morgan fingerprint density at radius 2 is 1.62 bits per heavy atom. The van der Waals surface area contributed by atoms with Crippen LogP contribution in [0.25, 0.3) is 0 Å². The van der Waals surface area contributed by atoms with Crippen molar-refractivity contribution in [2.75, 3.05) is 6.54 Å². The summed E-state index contributed by atoms with van der Waals surface area (Å²) < 4.78 is 47.9. The topological polar surface area (TPSA) is 54.5 Å². The number of rotatable bonds is 3. The van der Waals surface area contributed by atoms with E-state index in [1.807, 2.05) is 24.3 Å². The molecule has 7 heteroatoms. The summed E-state index contributed by atoms with van der Waals surface area (Å²) in [6.45, 7) is 1.04. The molecule has 126 valence electrons. The second-order valence-corrected chi connectivity index (χ2v) is 7.49. The van der Waals surface area contributed by atoms with Crippen molar-refractivity contribution < 1.29 is 22.0 Å². The van der Waals surface area contributed by atoms with Gasteiger partial charge in [-0.15, -0.1) is 0 Å². The normalized spacial score (nSPS) is 14.5. The fourth-order valence-corrected chi connectivity index (χ4v) is 3.46. The molecule has 3 rings (SSSR count). The van der Waals surface area contributed by atoms with E-state index in [0.29, 0.717) is 13.1 Å². The summed E-state index contributed by atoms with van der Waals surface area (Å²) in [5.41, 5.74) is 2.57. The van der Waals surface area contributed by atoms with Gasteiger partial charge in [-0.3, -0.25) is 4.79 Å². The molecule has 0 aliphatic carbocycles. The molecule has 0 radical (unpaired) electrons. The fraction of sp³-hybridized carbons (Fsp3) is 0.235. The quantitative estimate of drug-likeness (QED) is 0.854. The number of amides is 1. The molecule has 0 saturated carbocycles.